The molecule has 1 aliphatic rings. The van der Waals surface area contributed by atoms with Crippen LogP contribution in [0, 0.1) is 0 Å². The van der Waals surface area contributed by atoms with Gasteiger partial charge in [-0.1, -0.05) is 72.8 Å². The molecule has 206 valence electrons. The number of carbonyl (C=O) groups excluding carboxylic acids is 2. The molecule has 40 heavy (non-hydrogen) atoms. The summed E-state index contributed by atoms with van der Waals surface area (Å²) in [4.78, 5) is 38.9. The van der Waals surface area contributed by atoms with Gasteiger partial charge >= 0.3 is 0 Å². The average Bonchev–Trinajstić information content (AvgIpc) is 3.32. The van der Waals surface area contributed by atoms with Gasteiger partial charge in [-0.25, -0.2) is 9.97 Å². The van der Waals surface area contributed by atoms with Crippen molar-refractivity contribution in [3.63, 3.8) is 0 Å². The number of nitrogens with zero attached hydrogens (tertiary/aromatic N) is 5. The zero-order valence-electron chi connectivity index (χ0n) is 23.0. The van der Waals surface area contributed by atoms with Crippen LogP contribution in [0.15, 0.2) is 72.8 Å². The van der Waals surface area contributed by atoms with Crippen molar-refractivity contribution in [2.24, 2.45) is 7.05 Å². The predicted octanol–water partition coefficient (Wildman–Crippen LogP) is 3.65. The van der Waals surface area contributed by atoms with Gasteiger partial charge in [0.05, 0.1) is 5.39 Å². The number of anilines is 1. The summed E-state index contributed by atoms with van der Waals surface area (Å²) in [6, 6.07) is 21.9. The molecule has 1 saturated heterocycles. The van der Waals surface area contributed by atoms with E-state index in [1.807, 2.05) is 71.1 Å². The van der Waals surface area contributed by atoms with Gasteiger partial charge in [-0.15, -0.1) is 0 Å². The molecule has 5 rings (SSSR count). The first-order valence-corrected chi connectivity index (χ1v) is 13.6. The molecule has 2 aromatic carbocycles. The second-order valence-corrected chi connectivity index (χ2v) is 9.90. The molecule has 0 radical (unpaired) electrons. The van der Waals surface area contributed by atoms with Gasteiger partial charge in [0, 0.05) is 65.3 Å². The third-order valence-electron chi connectivity index (χ3n) is 7.06. The lowest BCUT2D eigenvalue weighted by Crippen LogP contribution is -2.48. The van der Waals surface area contributed by atoms with Gasteiger partial charge in [-0.3, -0.25) is 14.5 Å². The minimum atomic E-state index is -0.0838. The Hall–Kier alpha value is -4.50. The molecule has 0 unspecified atom stereocenters. The van der Waals surface area contributed by atoms with Crippen molar-refractivity contribution in [2.45, 2.75) is 6.92 Å². The van der Waals surface area contributed by atoms with Crippen molar-refractivity contribution in [3.05, 3.63) is 84.1 Å². The SMILES string of the molecule is CC(=O)NCCNc1nc(-c2ccccc2)nc2c1cc(C(=O)N1CCN(CC=Cc3ccccc3)CC1)n2C. The molecule has 3 heterocycles. The zero-order valence-corrected chi connectivity index (χ0v) is 23.0. The fraction of sp³-hybridized carbons (Fsp3) is 0.290. The molecule has 4 aromatic rings. The monoisotopic (exact) mass is 537 g/mol. The zero-order chi connectivity index (χ0) is 27.9. The van der Waals surface area contributed by atoms with Gasteiger partial charge in [0.15, 0.2) is 5.82 Å². The van der Waals surface area contributed by atoms with Crippen molar-refractivity contribution >= 4 is 34.7 Å². The molecule has 2 aromatic heterocycles. The van der Waals surface area contributed by atoms with Crippen molar-refractivity contribution in [1.29, 1.82) is 0 Å². The minimum Gasteiger partial charge on any atom is -0.368 e. The van der Waals surface area contributed by atoms with Gasteiger partial charge in [0.2, 0.25) is 5.91 Å². The van der Waals surface area contributed by atoms with Crippen LogP contribution < -0.4 is 10.6 Å². The number of hydrogen-bond donors (Lipinski definition) is 2. The van der Waals surface area contributed by atoms with Crippen molar-refractivity contribution in [2.75, 3.05) is 51.1 Å². The highest BCUT2D eigenvalue weighted by molar-refractivity contribution is 6.01. The van der Waals surface area contributed by atoms with Gasteiger partial charge in [-0.05, 0) is 11.6 Å². The molecule has 0 saturated carbocycles. The lowest BCUT2D eigenvalue weighted by molar-refractivity contribution is -0.118. The van der Waals surface area contributed by atoms with Crippen LogP contribution in [0.25, 0.3) is 28.5 Å². The number of hydrogen-bond acceptors (Lipinski definition) is 6. The first-order chi connectivity index (χ1) is 19.5. The number of piperazine rings is 1. The maximum absolute atomic E-state index is 13.7. The summed E-state index contributed by atoms with van der Waals surface area (Å²) < 4.78 is 1.86. The smallest absolute Gasteiger partial charge is 0.270 e. The van der Waals surface area contributed by atoms with Crippen LogP contribution in [0.1, 0.15) is 23.0 Å². The summed E-state index contributed by atoms with van der Waals surface area (Å²) in [5.41, 5.74) is 3.34. The highest BCUT2D eigenvalue weighted by atomic mass is 16.2. The highest BCUT2D eigenvalue weighted by Gasteiger charge is 2.26. The normalized spacial score (nSPS) is 14.1. The van der Waals surface area contributed by atoms with Crippen LogP contribution in [0.4, 0.5) is 5.82 Å². The number of carbonyl (C=O) groups is 2. The maximum Gasteiger partial charge on any atom is 0.270 e. The van der Waals surface area contributed by atoms with E-state index in [9.17, 15) is 9.59 Å². The third kappa shape index (κ3) is 6.38. The molecule has 0 spiro atoms. The van der Waals surface area contributed by atoms with E-state index in [0.29, 0.717) is 49.2 Å². The summed E-state index contributed by atoms with van der Waals surface area (Å²) in [5.74, 6) is 1.12. The summed E-state index contributed by atoms with van der Waals surface area (Å²) >= 11 is 0. The largest absolute Gasteiger partial charge is 0.368 e. The van der Waals surface area contributed by atoms with Gasteiger partial charge in [0.1, 0.15) is 17.2 Å². The lowest BCUT2D eigenvalue weighted by atomic mass is 10.2. The molecule has 2 amide bonds. The van der Waals surface area contributed by atoms with Crippen molar-refractivity contribution in [3.8, 4) is 11.4 Å². The Morgan fingerprint density at radius 3 is 2.33 bits per heavy atom. The van der Waals surface area contributed by atoms with Crippen LogP contribution >= 0.6 is 0 Å². The van der Waals surface area contributed by atoms with E-state index in [0.717, 1.165) is 30.6 Å². The molecule has 0 atom stereocenters. The van der Waals surface area contributed by atoms with Gasteiger partial charge < -0.3 is 20.1 Å². The van der Waals surface area contributed by atoms with E-state index in [2.05, 4.69) is 39.8 Å². The lowest BCUT2D eigenvalue weighted by Gasteiger charge is -2.34. The second-order valence-electron chi connectivity index (χ2n) is 9.90. The number of aryl methyl sites for hydroxylation is 1. The van der Waals surface area contributed by atoms with E-state index in [1.165, 1.54) is 12.5 Å². The fourth-order valence-corrected chi connectivity index (χ4v) is 4.87. The molecule has 9 nitrogen and oxygen atoms in total. The quantitative estimate of drug-likeness (QED) is 0.317. The number of fused-ring (bicyclic) bond motifs is 1. The van der Waals surface area contributed by atoms with Gasteiger partial charge in [-0.2, -0.15) is 0 Å². The van der Waals surface area contributed by atoms with E-state index < -0.39 is 0 Å². The number of nitrogens with one attached hydrogen (secondary N) is 2. The number of aromatic nitrogens is 3. The number of rotatable bonds is 9. The average molecular weight is 538 g/mol. The molecule has 2 N–H and O–H groups in total. The van der Waals surface area contributed by atoms with Gasteiger partial charge in [0.25, 0.3) is 5.91 Å². The molecule has 1 aliphatic heterocycles. The topological polar surface area (TPSA) is 95.4 Å². The Balaban J connectivity index is 1.32. The predicted molar refractivity (Wildman–Crippen MR) is 159 cm³/mol. The van der Waals surface area contributed by atoms with Crippen LogP contribution in [0.2, 0.25) is 0 Å². The van der Waals surface area contributed by atoms with Crippen LogP contribution in [0.3, 0.4) is 0 Å². The Labute approximate surface area is 234 Å². The molecular formula is C31H35N7O2. The second kappa shape index (κ2) is 12.6. The van der Waals surface area contributed by atoms with E-state index in [1.54, 1.807) is 0 Å². The summed E-state index contributed by atoms with van der Waals surface area (Å²) in [7, 11) is 1.88. The Kier molecular flexibility index (Phi) is 8.51. The minimum absolute atomic E-state index is 0.00886. The summed E-state index contributed by atoms with van der Waals surface area (Å²) in [6.07, 6.45) is 4.32. The Morgan fingerprint density at radius 2 is 1.62 bits per heavy atom. The van der Waals surface area contributed by atoms with E-state index in [4.69, 9.17) is 9.97 Å². The van der Waals surface area contributed by atoms with E-state index in [-0.39, 0.29) is 11.8 Å². The first-order valence-electron chi connectivity index (χ1n) is 13.6. The van der Waals surface area contributed by atoms with Crippen molar-refractivity contribution < 1.29 is 9.59 Å². The third-order valence-corrected chi connectivity index (χ3v) is 7.06. The van der Waals surface area contributed by atoms with Crippen LogP contribution in [-0.4, -0.2) is 82.0 Å². The number of amides is 2. The maximum atomic E-state index is 13.7. The molecular weight excluding hydrogens is 502 g/mol. The first kappa shape index (κ1) is 27.1. The Bertz CT molecular complexity index is 1490. The Morgan fingerprint density at radius 1 is 0.925 bits per heavy atom. The fourth-order valence-electron chi connectivity index (χ4n) is 4.87. The van der Waals surface area contributed by atoms with Crippen molar-refractivity contribution in [1.82, 2.24) is 29.7 Å². The molecule has 9 heteroatoms. The molecule has 1 fully saturated rings. The van der Waals surface area contributed by atoms with E-state index >= 15 is 0 Å². The summed E-state index contributed by atoms with van der Waals surface area (Å²) in [5, 5.41) is 6.90. The summed E-state index contributed by atoms with van der Waals surface area (Å²) in [6.45, 7) is 6.29. The standard InChI is InChI=1S/C31H35N7O2/c1-23(39)32-15-16-33-29-26-22-27(36(2)30(26)35-28(34-29)25-13-7-4-8-14-25)31(40)38-20-18-37(19-21-38)17-9-12-24-10-5-3-6-11-24/h3-14,22H,15-21H2,1-2H3,(H,32,39)(H,33,34,35). The van der Waals surface area contributed by atoms with Crippen LogP contribution in [0.5, 0.6) is 0 Å². The number of benzene rings is 2. The molecule has 0 bridgehead atoms. The van der Waals surface area contributed by atoms with Crippen LogP contribution in [-0.2, 0) is 11.8 Å². The molecule has 0 aliphatic carbocycles. The highest BCUT2D eigenvalue weighted by Crippen LogP contribution is 2.28.